The van der Waals surface area contributed by atoms with E-state index in [4.69, 9.17) is 0 Å². The average molecular weight is 269 g/mol. The molecule has 0 saturated heterocycles. The fourth-order valence-electron chi connectivity index (χ4n) is 2.34. The van der Waals surface area contributed by atoms with Crippen molar-refractivity contribution in [2.75, 3.05) is 5.32 Å². The van der Waals surface area contributed by atoms with Gasteiger partial charge < -0.3 is 10.4 Å². The first-order chi connectivity index (χ1) is 9.60. The summed E-state index contributed by atoms with van der Waals surface area (Å²) in [6, 6.07) is 14.6. The van der Waals surface area contributed by atoms with Gasteiger partial charge in [-0.25, -0.2) is 0 Å². The highest BCUT2D eigenvalue weighted by Gasteiger charge is 2.06. The molecule has 2 nitrogen and oxygen atoms in total. The van der Waals surface area contributed by atoms with E-state index in [2.05, 4.69) is 43.4 Å². The lowest BCUT2D eigenvalue weighted by atomic mass is 10.0. The molecular formula is C18H23NO. The van der Waals surface area contributed by atoms with E-state index in [1.807, 2.05) is 19.1 Å². The van der Waals surface area contributed by atoms with Gasteiger partial charge in [0.15, 0.2) is 0 Å². The van der Waals surface area contributed by atoms with Gasteiger partial charge in [-0.2, -0.15) is 0 Å². The molecule has 20 heavy (non-hydrogen) atoms. The fraction of sp³-hybridized carbons (Fsp3) is 0.333. The molecule has 2 aromatic rings. The summed E-state index contributed by atoms with van der Waals surface area (Å²) in [5.74, 6) is 0.340. The summed E-state index contributed by atoms with van der Waals surface area (Å²) in [7, 11) is 0. The van der Waals surface area contributed by atoms with E-state index in [1.165, 1.54) is 17.5 Å². The Labute approximate surface area is 121 Å². The summed E-state index contributed by atoms with van der Waals surface area (Å²) in [5, 5.41) is 13.0. The largest absolute Gasteiger partial charge is 0.508 e. The molecule has 0 amide bonds. The normalized spacial score (nSPS) is 12.2. The van der Waals surface area contributed by atoms with E-state index >= 15 is 0 Å². The number of aryl methyl sites for hydroxylation is 2. The summed E-state index contributed by atoms with van der Waals surface area (Å²) in [4.78, 5) is 0. The number of hydrogen-bond acceptors (Lipinski definition) is 2. The van der Waals surface area contributed by atoms with Crippen LogP contribution in [0.25, 0.3) is 0 Å². The molecule has 0 heterocycles. The van der Waals surface area contributed by atoms with Crippen molar-refractivity contribution in [1.29, 1.82) is 0 Å². The van der Waals surface area contributed by atoms with Crippen LogP contribution < -0.4 is 5.32 Å². The smallest absolute Gasteiger partial charge is 0.118 e. The van der Waals surface area contributed by atoms with E-state index in [1.54, 1.807) is 6.07 Å². The Morgan fingerprint density at radius 2 is 1.80 bits per heavy atom. The molecule has 1 atom stereocenters. The van der Waals surface area contributed by atoms with E-state index in [9.17, 15) is 5.11 Å². The number of benzene rings is 2. The van der Waals surface area contributed by atoms with Crippen molar-refractivity contribution in [3.8, 4) is 5.75 Å². The van der Waals surface area contributed by atoms with Crippen LogP contribution in [0.3, 0.4) is 0 Å². The molecule has 0 radical (unpaired) electrons. The standard InChI is InChI=1S/C18H23NO/c1-4-5-15-6-8-16(9-7-15)14(3)19-17-10-11-18(20)13(2)12-17/h6-12,14,19-20H,4-5H2,1-3H3. The summed E-state index contributed by atoms with van der Waals surface area (Å²) in [5.41, 5.74) is 4.59. The Kier molecular flexibility index (Phi) is 4.67. The quantitative estimate of drug-likeness (QED) is 0.762. The Morgan fingerprint density at radius 1 is 1.10 bits per heavy atom. The van der Waals surface area contributed by atoms with Crippen molar-refractivity contribution in [2.45, 2.75) is 39.7 Å². The number of anilines is 1. The molecular weight excluding hydrogens is 246 g/mol. The minimum atomic E-state index is 0.245. The van der Waals surface area contributed by atoms with Gasteiger partial charge in [0, 0.05) is 11.7 Å². The van der Waals surface area contributed by atoms with Crippen LogP contribution in [-0.2, 0) is 6.42 Å². The monoisotopic (exact) mass is 269 g/mol. The zero-order valence-electron chi connectivity index (χ0n) is 12.5. The van der Waals surface area contributed by atoms with E-state index in [0.29, 0.717) is 5.75 Å². The van der Waals surface area contributed by atoms with Crippen LogP contribution in [0.5, 0.6) is 5.75 Å². The number of aromatic hydroxyl groups is 1. The van der Waals surface area contributed by atoms with Gasteiger partial charge >= 0.3 is 0 Å². The third-order valence-corrected chi connectivity index (χ3v) is 3.60. The van der Waals surface area contributed by atoms with Crippen molar-refractivity contribution < 1.29 is 5.11 Å². The maximum atomic E-state index is 9.55. The van der Waals surface area contributed by atoms with Gasteiger partial charge in [0.1, 0.15) is 5.75 Å². The topological polar surface area (TPSA) is 32.3 Å². The van der Waals surface area contributed by atoms with E-state index in [0.717, 1.165) is 17.7 Å². The van der Waals surface area contributed by atoms with Crippen LogP contribution in [-0.4, -0.2) is 5.11 Å². The van der Waals surface area contributed by atoms with Gasteiger partial charge in [0.25, 0.3) is 0 Å². The van der Waals surface area contributed by atoms with Crippen LogP contribution in [0.15, 0.2) is 42.5 Å². The lowest BCUT2D eigenvalue weighted by Crippen LogP contribution is -2.06. The number of phenolic OH excluding ortho intramolecular Hbond substituents is 1. The summed E-state index contributed by atoms with van der Waals surface area (Å²) in [6.45, 7) is 6.26. The first kappa shape index (κ1) is 14.4. The number of phenols is 1. The van der Waals surface area contributed by atoms with Crippen molar-refractivity contribution >= 4 is 5.69 Å². The van der Waals surface area contributed by atoms with Crippen LogP contribution in [0.2, 0.25) is 0 Å². The molecule has 106 valence electrons. The zero-order valence-corrected chi connectivity index (χ0v) is 12.5. The molecule has 2 rings (SSSR count). The van der Waals surface area contributed by atoms with Gasteiger partial charge in [0.05, 0.1) is 0 Å². The Bertz CT molecular complexity index is 560. The molecule has 0 aliphatic carbocycles. The molecule has 0 aliphatic heterocycles. The first-order valence-electron chi connectivity index (χ1n) is 7.25. The second-order valence-corrected chi connectivity index (χ2v) is 5.36. The second-order valence-electron chi connectivity index (χ2n) is 5.36. The fourth-order valence-corrected chi connectivity index (χ4v) is 2.34. The Hall–Kier alpha value is -1.96. The minimum absolute atomic E-state index is 0.245. The van der Waals surface area contributed by atoms with Gasteiger partial charge in [-0.15, -0.1) is 0 Å². The SMILES string of the molecule is CCCc1ccc(C(C)Nc2ccc(O)c(C)c2)cc1. The zero-order chi connectivity index (χ0) is 14.5. The highest BCUT2D eigenvalue weighted by molar-refractivity contribution is 5.51. The van der Waals surface area contributed by atoms with Crippen molar-refractivity contribution in [2.24, 2.45) is 0 Å². The maximum Gasteiger partial charge on any atom is 0.118 e. The molecule has 0 aromatic heterocycles. The Balaban J connectivity index is 2.06. The van der Waals surface area contributed by atoms with Crippen molar-refractivity contribution in [1.82, 2.24) is 0 Å². The van der Waals surface area contributed by atoms with Crippen molar-refractivity contribution in [3.05, 3.63) is 59.2 Å². The van der Waals surface area contributed by atoms with Crippen LogP contribution in [0.4, 0.5) is 5.69 Å². The number of nitrogens with one attached hydrogen (secondary N) is 1. The summed E-state index contributed by atoms with van der Waals surface area (Å²) in [6.07, 6.45) is 2.32. The van der Waals surface area contributed by atoms with E-state index < -0.39 is 0 Å². The van der Waals surface area contributed by atoms with Crippen LogP contribution >= 0.6 is 0 Å². The van der Waals surface area contributed by atoms with Crippen LogP contribution in [0.1, 0.15) is 43.0 Å². The Morgan fingerprint density at radius 3 is 2.40 bits per heavy atom. The highest BCUT2D eigenvalue weighted by Crippen LogP contribution is 2.24. The molecule has 2 N–H and O–H groups in total. The van der Waals surface area contributed by atoms with Gasteiger partial charge in [0.2, 0.25) is 0 Å². The molecule has 0 aliphatic rings. The molecule has 0 spiro atoms. The lowest BCUT2D eigenvalue weighted by molar-refractivity contribution is 0.471. The number of rotatable bonds is 5. The van der Waals surface area contributed by atoms with E-state index in [-0.39, 0.29) is 6.04 Å². The number of hydrogen-bond donors (Lipinski definition) is 2. The lowest BCUT2D eigenvalue weighted by Gasteiger charge is -2.17. The van der Waals surface area contributed by atoms with Gasteiger partial charge in [-0.1, -0.05) is 37.6 Å². The highest BCUT2D eigenvalue weighted by atomic mass is 16.3. The molecule has 2 aromatic carbocycles. The van der Waals surface area contributed by atoms with Gasteiger partial charge in [-0.3, -0.25) is 0 Å². The molecule has 0 fully saturated rings. The van der Waals surface area contributed by atoms with Gasteiger partial charge in [-0.05, 0) is 55.2 Å². The molecule has 1 unspecified atom stereocenters. The predicted octanol–water partition coefficient (Wildman–Crippen LogP) is 4.83. The molecule has 0 bridgehead atoms. The molecule has 0 saturated carbocycles. The third-order valence-electron chi connectivity index (χ3n) is 3.60. The second kappa shape index (κ2) is 6.47. The average Bonchev–Trinajstić information content (AvgIpc) is 2.44. The molecule has 2 heteroatoms. The maximum absolute atomic E-state index is 9.55. The van der Waals surface area contributed by atoms with Crippen LogP contribution in [0, 0.1) is 6.92 Å². The summed E-state index contributed by atoms with van der Waals surface area (Å²) < 4.78 is 0. The third kappa shape index (κ3) is 3.53. The minimum Gasteiger partial charge on any atom is -0.508 e. The summed E-state index contributed by atoms with van der Waals surface area (Å²) >= 11 is 0. The van der Waals surface area contributed by atoms with Crippen molar-refractivity contribution in [3.63, 3.8) is 0 Å². The predicted molar refractivity (Wildman–Crippen MR) is 85.3 cm³/mol. The first-order valence-corrected chi connectivity index (χ1v) is 7.25.